The highest BCUT2D eigenvalue weighted by atomic mass is 15.2. The van der Waals surface area contributed by atoms with Gasteiger partial charge in [-0.25, -0.2) is 0 Å². The standard InChI is InChI=1S/C13H27N3/c1-3-16-8-6-12(7-9-16)15(2)13-5-4-11(14)10-13/h11-13H,3-10,14H2,1-2H3. The van der Waals surface area contributed by atoms with Gasteiger partial charge in [0.25, 0.3) is 0 Å². The maximum atomic E-state index is 6.00. The van der Waals surface area contributed by atoms with Gasteiger partial charge >= 0.3 is 0 Å². The summed E-state index contributed by atoms with van der Waals surface area (Å²) >= 11 is 0. The van der Waals surface area contributed by atoms with Crippen molar-refractivity contribution >= 4 is 0 Å². The number of hydrogen-bond acceptors (Lipinski definition) is 3. The van der Waals surface area contributed by atoms with Gasteiger partial charge in [-0.05, 0) is 58.8 Å². The molecule has 1 aliphatic heterocycles. The van der Waals surface area contributed by atoms with Crippen molar-refractivity contribution in [1.29, 1.82) is 0 Å². The summed E-state index contributed by atoms with van der Waals surface area (Å²) in [5, 5.41) is 0. The fraction of sp³-hybridized carbons (Fsp3) is 1.00. The minimum atomic E-state index is 0.461. The summed E-state index contributed by atoms with van der Waals surface area (Å²) in [5.41, 5.74) is 6.00. The van der Waals surface area contributed by atoms with Crippen LogP contribution in [0.5, 0.6) is 0 Å². The topological polar surface area (TPSA) is 32.5 Å². The fourth-order valence-electron chi connectivity index (χ4n) is 3.30. The first-order valence-electron chi connectivity index (χ1n) is 6.90. The van der Waals surface area contributed by atoms with Crippen molar-refractivity contribution in [2.75, 3.05) is 26.7 Å². The molecule has 16 heavy (non-hydrogen) atoms. The Kier molecular flexibility index (Phi) is 4.22. The zero-order valence-electron chi connectivity index (χ0n) is 10.9. The van der Waals surface area contributed by atoms with E-state index in [1.165, 1.54) is 51.7 Å². The van der Waals surface area contributed by atoms with Crippen LogP contribution in [0.4, 0.5) is 0 Å². The molecule has 2 atom stereocenters. The fourth-order valence-corrected chi connectivity index (χ4v) is 3.30. The van der Waals surface area contributed by atoms with E-state index in [0.717, 1.165) is 12.1 Å². The van der Waals surface area contributed by atoms with Gasteiger partial charge in [0.05, 0.1) is 0 Å². The van der Waals surface area contributed by atoms with E-state index in [4.69, 9.17) is 5.73 Å². The van der Waals surface area contributed by atoms with Crippen LogP contribution in [-0.2, 0) is 0 Å². The molecule has 0 aromatic heterocycles. The van der Waals surface area contributed by atoms with Gasteiger partial charge < -0.3 is 15.5 Å². The largest absolute Gasteiger partial charge is 0.328 e. The van der Waals surface area contributed by atoms with Crippen LogP contribution in [0.15, 0.2) is 0 Å². The van der Waals surface area contributed by atoms with Crippen LogP contribution in [0.2, 0.25) is 0 Å². The minimum Gasteiger partial charge on any atom is -0.328 e. The normalized spacial score (nSPS) is 33.8. The summed E-state index contributed by atoms with van der Waals surface area (Å²) in [6.07, 6.45) is 6.44. The zero-order chi connectivity index (χ0) is 11.5. The monoisotopic (exact) mass is 225 g/mol. The van der Waals surface area contributed by atoms with Crippen LogP contribution < -0.4 is 5.73 Å². The number of hydrogen-bond donors (Lipinski definition) is 1. The zero-order valence-corrected chi connectivity index (χ0v) is 10.9. The van der Waals surface area contributed by atoms with Crippen LogP contribution in [0.25, 0.3) is 0 Å². The summed E-state index contributed by atoms with van der Waals surface area (Å²) in [6, 6.07) is 2.02. The molecule has 94 valence electrons. The van der Waals surface area contributed by atoms with Crippen molar-refractivity contribution in [3.8, 4) is 0 Å². The second-order valence-corrected chi connectivity index (χ2v) is 5.56. The first-order valence-corrected chi connectivity index (χ1v) is 6.90. The Hall–Kier alpha value is -0.120. The molecule has 2 rings (SSSR count). The van der Waals surface area contributed by atoms with E-state index in [1.807, 2.05) is 0 Å². The average Bonchev–Trinajstić information content (AvgIpc) is 2.75. The molecular formula is C13H27N3. The van der Waals surface area contributed by atoms with Crippen LogP contribution in [0, 0.1) is 0 Å². The van der Waals surface area contributed by atoms with Gasteiger partial charge in [0.2, 0.25) is 0 Å². The predicted octanol–water partition coefficient (Wildman–Crippen LogP) is 1.28. The van der Waals surface area contributed by atoms with Gasteiger partial charge in [0.1, 0.15) is 0 Å². The molecule has 3 nitrogen and oxygen atoms in total. The Morgan fingerprint density at radius 2 is 1.81 bits per heavy atom. The lowest BCUT2D eigenvalue weighted by Gasteiger charge is -2.39. The van der Waals surface area contributed by atoms with Crippen molar-refractivity contribution in [1.82, 2.24) is 9.80 Å². The molecule has 0 amide bonds. The number of nitrogens with two attached hydrogens (primary N) is 1. The molecule has 0 bridgehead atoms. The highest BCUT2D eigenvalue weighted by Gasteiger charge is 2.30. The molecule has 0 aromatic carbocycles. The van der Waals surface area contributed by atoms with E-state index < -0.39 is 0 Å². The maximum Gasteiger partial charge on any atom is 0.0119 e. The second-order valence-electron chi connectivity index (χ2n) is 5.56. The smallest absolute Gasteiger partial charge is 0.0119 e. The molecule has 2 fully saturated rings. The lowest BCUT2D eigenvalue weighted by molar-refractivity contribution is 0.0998. The number of likely N-dealkylation sites (tertiary alicyclic amines) is 1. The van der Waals surface area contributed by atoms with Crippen LogP contribution >= 0.6 is 0 Å². The molecular weight excluding hydrogens is 198 g/mol. The molecule has 2 aliphatic rings. The summed E-state index contributed by atoms with van der Waals surface area (Å²) in [6.45, 7) is 6.04. The Bertz CT molecular complexity index is 211. The summed E-state index contributed by atoms with van der Waals surface area (Å²) in [4.78, 5) is 5.19. The molecule has 0 radical (unpaired) electrons. The Labute approximate surface area is 100.0 Å². The van der Waals surface area contributed by atoms with E-state index in [2.05, 4.69) is 23.8 Å². The summed E-state index contributed by atoms with van der Waals surface area (Å²) in [7, 11) is 2.31. The van der Waals surface area contributed by atoms with E-state index in [-0.39, 0.29) is 0 Å². The molecule has 1 aliphatic carbocycles. The van der Waals surface area contributed by atoms with E-state index in [0.29, 0.717) is 6.04 Å². The molecule has 1 heterocycles. The third-order valence-electron chi connectivity index (χ3n) is 4.60. The van der Waals surface area contributed by atoms with Gasteiger partial charge in [-0.1, -0.05) is 6.92 Å². The van der Waals surface area contributed by atoms with E-state index in [9.17, 15) is 0 Å². The van der Waals surface area contributed by atoms with Crippen molar-refractivity contribution in [3.05, 3.63) is 0 Å². The van der Waals surface area contributed by atoms with Gasteiger partial charge in [-0.3, -0.25) is 0 Å². The Morgan fingerprint density at radius 3 is 2.31 bits per heavy atom. The number of nitrogens with zero attached hydrogens (tertiary/aromatic N) is 2. The molecule has 0 spiro atoms. The lowest BCUT2D eigenvalue weighted by atomic mass is 10.0. The SMILES string of the molecule is CCN1CCC(N(C)C2CCC(N)C2)CC1. The quantitative estimate of drug-likeness (QED) is 0.785. The van der Waals surface area contributed by atoms with Gasteiger partial charge in [0.15, 0.2) is 0 Å². The lowest BCUT2D eigenvalue weighted by Crippen LogP contribution is -2.46. The summed E-state index contributed by atoms with van der Waals surface area (Å²) in [5.74, 6) is 0. The Balaban J connectivity index is 1.79. The van der Waals surface area contributed by atoms with Crippen molar-refractivity contribution in [2.45, 2.75) is 57.2 Å². The van der Waals surface area contributed by atoms with Crippen molar-refractivity contribution in [3.63, 3.8) is 0 Å². The van der Waals surface area contributed by atoms with Crippen LogP contribution in [0.1, 0.15) is 39.0 Å². The third kappa shape index (κ3) is 2.76. The van der Waals surface area contributed by atoms with Gasteiger partial charge in [0, 0.05) is 18.1 Å². The number of rotatable bonds is 3. The molecule has 3 heteroatoms. The van der Waals surface area contributed by atoms with Crippen molar-refractivity contribution in [2.24, 2.45) is 5.73 Å². The third-order valence-corrected chi connectivity index (χ3v) is 4.60. The summed E-state index contributed by atoms with van der Waals surface area (Å²) < 4.78 is 0. The molecule has 2 unspecified atom stereocenters. The van der Waals surface area contributed by atoms with Crippen molar-refractivity contribution < 1.29 is 0 Å². The molecule has 1 saturated carbocycles. The molecule has 1 saturated heterocycles. The molecule has 0 aromatic rings. The first-order chi connectivity index (χ1) is 7.70. The Morgan fingerprint density at radius 1 is 1.12 bits per heavy atom. The van der Waals surface area contributed by atoms with Crippen LogP contribution in [-0.4, -0.2) is 54.6 Å². The van der Waals surface area contributed by atoms with Gasteiger partial charge in [-0.15, -0.1) is 0 Å². The highest BCUT2D eigenvalue weighted by molar-refractivity contribution is 4.88. The van der Waals surface area contributed by atoms with Gasteiger partial charge in [-0.2, -0.15) is 0 Å². The first kappa shape index (κ1) is 12.3. The second kappa shape index (κ2) is 5.48. The predicted molar refractivity (Wildman–Crippen MR) is 68.5 cm³/mol. The minimum absolute atomic E-state index is 0.461. The molecule has 2 N–H and O–H groups in total. The highest BCUT2D eigenvalue weighted by Crippen LogP contribution is 2.26. The number of piperidine rings is 1. The van der Waals surface area contributed by atoms with E-state index in [1.54, 1.807) is 0 Å². The van der Waals surface area contributed by atoms with E-state index >= 15 is 0 Å². The average molecular weight is 225 g/mol. The van der Waals surface area contributed by atoms with Crippen LogP contribution in [0.3, 0.4) is 0 Å². The maximum absolute atomic E-state index is 6.00.